The summed E-state index contributed by atoms with van der Waals surface area (Å²) < 4.78 is 104. The third-order valence-electron chi connectivity index (χ3n) is 8.49. The molecular formula is C30H24F6N8O4. The molecule has 48 heavy (non-hydrogen) atoms. The van der Waals surface area contributed by atoms with Gasteiger partial charge >= 0.3 is 12.4 Å². The summed E-state index contributed by atoms with van der Waals surface area (Å²) >= 11 is 0. The number of ether oxygens (including phenoxy) is 4. The van der Waals surface area contributed by atoms with Gasteiger partial charge in [-0.25, -0.2) is 9.97 Å². The van der Waals surface area contributed by atoms with Gasteiger partial charge in [0.25, 0.3) is 0 Å². The molecule has 8 rings (SSSR count). The molecule has 4 aliphatic rings. The van der Waals surface area contributed by atoms with E-state index in [2.05, 4.69) is 30.6 Å². The molecular weight excluding hydrogens is 650 g/mol. The van der Waals surface area contributed by atoms with Crippen LogP contribution in [-0.4, -0.2) is 59.7 Å². The summed E-state index contributed by atoms with van der Waals surface area (Å²) in [7, 11) is 0. The lowest BCUT2D eigenvalue weighted by Gasteiger charge is -2.51. The number of alkyl halides is 6. The van der Waals surface area contributed by atoms with Crippen LogP contribution >= 0.6 is 0 Å². The van der Waals surface area contributed by atoms with Crippen molar-refractivity contribution in [2.24, 2.45) is 11.8 Å². The van der Waals surface area contributed by atoms with Gasteiger partial charge in [-0.05, 0) is 24.3 Å². The minimum absolute atomic E-state index is 0.0141. The van der Waals surface area contributed by atoms with Crippen molar-refractivity contribution in [3.05, 3.63) is 59.9 Å². The minimum Gasteiger partial charge on any atom is -0.454 e. The molecule has 2 N–H and O–H groups in total. The maximum absolute atomic E-state index is 13.9. The van der Waals surface area contributed by atoms with E-state index in [0.29, 0.717) is 60.6 Å². The van der Waals surface area contributed by atoms with Gasteiger partial charge in [0.2, 0.25) is 25.5 Å². The molecule has 0 atom stereocenters. The Morgan fingerprint density at radius 2 is 1.17 bits per heavy atom. The average Bonchev–Trinajstić information content (AvgIpc) is 3.65. The Bertz CT molecular complexity index is 1880. The molecule has 0 saturated carbocycles. The van der Waals surface area contributed by atoms with E-state index in [9.17, 15) is 26.3 Å². The van der Waals surface area contributed by atoms with E-state index in [1.165, 1.54) is 6.07 Å². The zero-order valence-electron chi connectivity index (χ0n) is 24.6. The zero-order chi connectivity index (χ0) is 33.2. The summed E-state index contributed by atoms with van der Waals surface area (Å²) in [6, 6.07) is 9.64. The van der Waals surface area contributed by atoms with Gasteiger partial charge in [-0.3, -0.25) is 0 Å². The molecule has 12 nitrogen and oxygen atoms in total. The highest BCUT2D eigenvalue weighted by molar-refractivity contribution is 5.65. The zero-order valence-corrected chi connectivity index (χ0v) is 24.6. The normalized spacial score (nSPS) is 17.3. The van der Waals surface area contributed by atoms with Gasteiger partial charge in [-0.1, -0.05) is 0 Å². The molecule has 0 aliphatic carbocycles. The van der Waals surface area contributed by atoms with Crippen LogP contribution in [-0.2, 0) is 12.4 Å². The van der Waals surface area contributed by atoms with E-state index in [0.717, 1.165) is 12.4 Å². The second-order valence-electron chi connectivity index (χ2n) is 11.6. The van der Waals surface area contributed by atoms with Crippen molar-refractivity contribution >= 4 is 34.9 Å². The third kappa shape index (κ3) is 5.60. The molecule has 0 spiro atoms. The molecule has 4 aliphatic heterocycles. The highest BCUT2D eigenvalue weighted by Gasteiger charge is 2.45. The Morgan fingerprint density at radius 3 is 1.77 bits per heavy atom. The predicted octanol–water partition coefficient (Wildman–Crippen LogP) is 5.82. The van der Waals surface area contributed by atoms with E-state index in [1.807, 2.05) is 0 Å². The number of aromatic nitrogens is 4. The van der Waals surface area contributed by atoms with E-state index in [-0.39, 0.29) is 43.1 Å². The van der Waals surface area contributed by atoms with Crippen LogP contribution in [0.4, 0.5) is 61.2 Å². The fourth-order valence-electron chi connectivity index (χ4n) is 5.87. The number of nitrogens with one attached hydrogen (secondary N) is 2. The molecule has 0 unspecified atom stereocenters. The first-order valence-electron chi connectivity index (χ1n) is 14.7. The van der Waals surface area contributed by atoms with Crippen molar-refractivity contribution in [3.63, 3.8) is 0 Å². The van der Waals surface area contributed by atoms with Crippen LogP contribution < -0.4 is 39.4 Å². The molecule has 250 valence electrons. The van der Waals surface area contributed by atoms with Gasteiger partial charge in [0.1, 0.15) is 22.8 Å². The first kappa shape index (κ1) is 29.9. The Balaban J connectivity index is 0.938. The Hall–Kier alpha value is -5.42. The monoisotopic (exact) mass is 674 g/mol. The van der Waals surface area contributed by atoms with Crippen LogP contribution in [0.3, 0.4) is 0 Å². The van der Waals surface area contributed by atoms with E-state index < -0.39 is 29.3 Å². The topological polar surface area (TPSA) is 119 Å². The second-order valence-corrected chi connectivity index (χ2v) is 11.6. The molecule has 0 radical (unpaired) electrons. The van der Waals surface area contributed by atoms with Crippen LogP contribution in [0.5, 0.6) is 23.0 Å². The number of rotatable bonds is 7. The fourth-order valence-corrected chi connectivity index (χ4v) is 5.87. The Morgan fingerprint density at radius 1 is 0.625 bits per heavy atom. The van der Waals surface area contributed by atoms with Crippen molar-refractivity contribution in [2.45, 2.75) is 12.4 Å². The summed E-state index contributed by atoms with van der Waals surface area (Å²) in [5, 5.41) is 5.64. The van der Waals surface area contributed by atoms with Gasteiger partial charge in [-0.15, -0.1) is 0 Å². The highest BCUT2D eigenvalue weighted by atomic mass is 19.4. The average molecular weight is 675 g/mol. The molecule has 2 aromatic heterocycles. The van der Waals surface area contributed by atoms with E-state index >= 15 is 0 Å². The smallest absolute Gasteiger partial charge is 0.421 e. The summed E-state index contributed by atoms with van der Waals surface area (Å²) in [6.45, 7) is 1.58. The molecule has 2 saturated heterocycles. The van der Waals surface area contributed by atoms with Crippen LogP contribution in [0, 0.1) is 11.8 Å². The predicted molar refractivity (Wildman–Crippen MR) is 157 cm³/mol. The molecule has 6 heterocycles. The molecule has 2 fully saturated rings. The summed E-state index contributed by atoms with van der Waals surface area (Å²) in [6.07, 6.45) is -7.89. The van der Waals surface area contributed by atoms with Gasteiger partial charge in [0.05, 0.1) is 0 Å². The van der Waals surface area contributed by atoms with Crippen molar-refractivity contribution in [2.75, 3.05) is 60.2 Å². The fraction of sp³-hybridized carbons (Fsp3) is 0.333. The summed E-state index contributed by atoms with van der Waals surface area (Å²) in [4.78, 5) is 19.5. The van der Waals surface area contributed by atoms with Gasteiger partial charge in [0, 0.05) is 73.9 Å². The number of halogens is 6. The van der Waals surface area contributed by atoms with E-state index in [1.54, 1.807) is 40.1 Å². The van der Waals surface area contributed by atoms with Crippen molar-refractivity contribution in [3.8, 4) is 23.0 Å². The number of anilines is 6. The van der Waals surface area contributed by atoms with Crippen LogP contribution in [0.1, 0.15) is 11.1 Å². The lowest BCUT2D eigenvalue weighted by Crippen LogP contribution is -2.60. The molecule has 4 aromatic rings. The standard InChI is InChI=1S/C30H24F6N8O4/c31-29(32,33)19-7-38-28(41-25(19)39-17-1-3-21-23(5-17)47-13-45-21)44-11-16(12-44)15-9-43(10-15)26-20(30(34,35)36)8-37-27(42-26)40-18-2-4-22-24(6-18)48-14-46-22/h1-8,15-16H,9-14H2,(H,37,40,42)(H,38,39,41). The maximum atomic E-state index is 13.9. The summed E-state index contributed by atoms with van der Waals surface area (Å²) in [5.41, 5.74) is -1.15. The summed E-state index contributed by atoms with van der Waals surface area (Å²) in [5.74, 6) is 1.45. The molecule has 2 aromatic carbocycles. The number of hydrogen-bond donors (Lipinski definition) is 2. The van der Waals surface area contributed by atoms with Crippen molar-refractivity contribution in [1.29, 1.82) is 0 Å². The van der Waals surface area contributed by atoms with Crippen LogP contribution in [0.2, 0.25) is 0 Å². The molecule has 18 heteroatoms. The number of benzene rings is 2. The first-order chi connectivity index (χ1) is 23.0. The minimum atomic E-state index is -4.71. The van der Waals surface area contributed by atoms with Gasteiger partial charge in [0.15, 0.2) is 23.0 Å². The Kier molecular flexibility index (Phi) is 6.92. The van der Waals surface area contributed by atoms with Crippen molar-refractivity contribution in [1.82, 2.24) is 19.9 Å². The van der Waals surface area contributed by atoms with Crippen LogP contribution in [0.15, 0.2) is 48.8 Å². The largest absolute Gasteiger partial charge is 0.454 e. The van der Waals surface area contributed by atoms with Gasteiger partial charge < -0.3 is 39.4 Å². The van der Waals surface area contributed by atoms with E-state index in [4.69, 9.17) is 18.9 Å². The lowest BCUT2D eigenvalue weighted by atomic mass is 9.80. The quantitative estimate of drug-likeness (QED) is 0.230. The van der Waals surface area contributed by atoms with Crippen LogP contribution in [0.25, 0.3) is 0 Å². The van der Waals surface area contributed by atoms with Gasteiger partial charge in [-0.2, -0.15) is 36.3 Å². The SMILES string of the molecule is FC(F)(F)c1cnc(N2CC(C3CN(c4nc(Nc5ccc6c(c5)OCO6)ncc4C(F)(F)F)C3)C2)nc1Nc1ccc2c(c1)OCO2. The highest BCUT2D eigenvalue weighted by Crippen LogP contribution is 2.43. The number of nitrogens with zero attached hydrogens (tertiary/aromatic N) is 6. The third-order valence-corrected chi connectivity index (χ3v) is 8.49. The number of fused-ring (bicyclic) bond motifs is 2. The second kappa shape index (κ2) is 11.1. The van der Waals surface area contributed by atoms with Crippen molar-refractivity contribution < 1.29 is 45.3 Å². The number of hydrogen-bond acceptors (Lipinski definition) is 12. The maximum Gasteiger partial charge on any atom is 0.421 e. The first-order valence-corrected chi connectivity index (χ1v) is 14.7. The Labute approximate surface area is 267 Å². The lowest BCUT2D eigenvalue weighted by molar-refractivity contribution is -0.138. The molecule has 0 amide bonds. The molecule has 0 bridgehead atoms.